The Labute approximate surface area is 235 Å². The van der Waals surface area contributed by atoms with E-state index in [1.807, 2.05) is 24.3 Å². The summed E-state index contributed by atoms with van der Waals surface area (Å²) in [6.07, 6.45) is 26.9. The van der Waals surface area contributed by atoms with Gasteiger partial charge in [0.25, 0.3) is 10.1 Å². The van der Waals surface area contributed by atoms with Gasteiger partial charge in [-0.05, 0) is 42.2 Å². The van der Waals surface area contributed by atoms with E-state index in [0.29, 0.717) is 6.42 Å². The Kier molecular flexibility index (Phi) is 17.0. The third-order valence-corrected chi connectivity index (χ3v) is 9.01. The van der Waals surface area contributed by atoms with Crippen LogP contribution >= 0.6 is 0 Å². The molecule has 38 heavy (non-hydrogen) atoms. The van der Waals surface area contributed by atoms with Gasteiger partial charge in [-0.1, -0.05) is 160 Å². The van der Waals surface area contributed by atoms with Gasteiger partial charge in [-0.2, -0.15) is 8.42 Å². The molecule has 0 bridgehead atoms. The minimum absolute atomic E-state index is 0.161. The summed E-state index contributed by atoms with van der Waals surface area (Å²) in [5.41, 5.74) is 1.83. The first-order chi connectivity index (χ1) is 18.5. The van der Waals surface area contributed by atoms with Crippen LogP contribution in [0.15, 0.2) is 35.2 Å². The first-order valence-electron chi connectivity index (χ1n) is 16.0. The maximum absolute atomic E-state index is 12.6. The highest BCUT2D eigenvalue weighted by Crippen LogP contribution is 2.32. The maximum atomic E-state index is 12.6. The lowest BCUT2D eigenvalue weighted by Gasteiger charge is -2.15. The second-order valence-corrected chi connectivity index (χ2v) is 12.8. The molecular formula is C34H56O3S. The van der Waals surface area contributed by atoms with Crippen LogP contribution in [-0.2, 0) is 23.0 Å². The van der Waals surface area contributed by atoms with Crippen molar-refractivity contribution in [2.75, 3.05) is 0 Å². The molecule has 0 saturated heterocycles. The van der Waals surface area contributed by atoms with Crippen LogP contribution in [0, 0.1) is 0 Å². The Morgan fingerprint density at radius 3 is 1.39 bits per heavy atom. The first kappa shape index (κ1) is 32.8. The van der Waals surface area contributed by atoms with E-state index in [0.717, 1.165) is 47.6 Å². The number of fused-ring (bicyclic) bond motifs is 1. The molecule has 3 nitrogen and oxygen atoms in total. The van der Waals surface area contributed by atoms with E-state index < -0.39 is 10.1 Å². The van der Waals surface area contributed by atoms with E-state index in [4.69, 9.17) is 0 Å². The molecule has 0 saturated carbocycles. The molecule has 0 aliphatic rings. The molecule has 2 rings (SSSR count). The van der Waals surface area contributed by atoms with Gasteiger partial charge in [0.2, 0.25) is 0 Å². The Morgan fingerprint density at radius 2 is 0.947 bits per heavy atom. The van der Waals surface area contributed by atoms with Gasteiger partial charge < -0.3 is 0 Å². The number of aryl methyl sites for hydroxylation is 2. The first-order valence-corrected chi connectivity index (χ1v) is 17.4. The highest BCUT2D eigenvalue weighted by molar-refractivity contribution is 7.86. The van der Waals surface area contributed by atoms with Crippen LogP contribution in [0.4, 0.5) is 0 Å². The van der Waals surface area contributed by atoms with Crippen LogP contribution in [0.3, 0.4) is 0 Å². The van der Waals surface area contributed by atoms with Gasteiger partial charge >= 0.3 is 0 Å². The minimum atomic E-state index is -4.30. The zero-order valence-corrected chi connectivity index (χ0v) is 25.4. The van der Waals surface area contributed by atoms with Gasteiger partial charge in [-0.25, -0.2) is 0 Å². The predicted octanol–water partition coefficient (Wildman–Crippen LogP) is 11.0. The largest absolute Gasteiger partial charge is 0.295 e. The predicted molar refractivity (Wildman–Crippen MR) is 165 cm³/mol. The van der Waals surface area contributed by atoms with Crippen LogP contribution in [0.2, 0.25) is 0 Å². The van der Waals surface area contributed by atoms with Gasteiger partial charge in [0.15, 0.2) is 0 Å². The SMILES string of the molecule is CCCCCCCCCCCCc1ccc2cccc(CCCCCCCCCCCC)c2c1S(=O)(=O)O. The van der Waals surface area contributed by atoms with Crippen molar-refractivity contribution in [1.82, 2.24) is 0 Å². The average Bonchev–Trinajstić information content (AvgIpc) is 2.90. The lowest BCUT2D eigenvalue weighted by Crippen LogP contribution is -2.06. The summed E-state index contributed by atoms with van der Waals surface area (Å²) >= 11 is 0. The van der Waals surface area contributed by atoms with Crippen molar-refractivity contribution < 1.29 is 13.0 Å². The summed E-state index contributed by atoms with van der Waals surface area (Å²) in [5, 5.41) is 1.66. The summed E-state index contributed by atoms with van der Waals surface area (Å²) in [6.45, 7) is 4.51. The Hall–Kier alpha value is -1.39. The molecule has 0 aliphatic carbocycles. The maximum Gasteiger partial charge on any atom is 0.295 e. The van der Waals surface area contributed by atoms with Crippen molar-refractivity contribution in [3.05, 3.63) is 41.5 Å². The van der Waals surface area contributed by atoms with Gasteiger partial charge in [0.05, 0.1) is 0 Å². The number of hydrogen-bond acceptors (Lipinski definition) is 2. The van der Waals surface area contributed by atoms with Crippen LogP contribution in [-0.4, -0.2) is 13.0 Å². The lowest BCUT2D eigenvalue weighted by molar-refractivity contribution is 0.482. The van der Waals surface area contributed by atoms with Crippen molar-refractivity contribution in [3.8, 4) is 0 Å². The van der Waals surface area contributed by atoms with Gasteiger partial charge in [-0.3, -0.25) is 4.55 Å². The van der Waals surface area contributed by atoms with Crippen LogP contribution in [0.25, 0.3) is 10.8 Å². The summed E-state index contributed by atoms with van der Waals surface area (Å²) in [4.78, 5) is 0.161. The van der Waals surface area contributed by atoms with E-state index in [1.54, 1.807) is 0 Å². The Bertz CT molecular complexity index is 996. The third-order valence-electron chi connectivity index (χ3n) is 8.02. The average molecular weight is 545 g/mol. The van der Waals surface area contributed by atoms with Gasteiger partial charge in [0.1, 0.15) is 4.90 Å². The van der Waals surface area contributed by atoms with Crippen molar-refractivity contribution in [1.29, 1.82) is 0 Å². The van der Waals surface area contributed by atoms with E-state index >= 15 is 0 Å². The molecule has 4 heteroatoms. The minimum Gasteiger partial charge on any atom is -0.282 e. The van der Waals surface area contributed by atoms with Crippen LogP contribution in [0.1, 0.15) is 153 Å². The van der Waals surface area contributed by atoms with E-state index in [2.05, 4.69) is 19.9 Å². The van der Waals surface area contributed by atoms with Crippen LogP contribution < -0.4 is 0 Å². The number of rotatable bonds is 23. The summed E-state index contributed by atoms with van der Waals surface area (Å²) in [5.74, 6) is 0. The third kappa shape index (κ3) is 12.6. The van der Waals surface area contributed by atoms with E-state index in [9.17, 15) is 13.0 Å². The summed E-state index contributed by atoms with van der Waals surface area (Å²) in [6, 6.07) is 10.00. The molecule has 0 heterocycles. The van der Waals surface area contributed by atoms with Crippen LogP contribution in [0.5, 0.6) is 0 Å². The van der Waals surface area contributed by atoms with E-state index in [1.165, 1.54) is 109 Å². The van der Waals surface area contributed by atoms with Gasteiger partial charge in [-0.15, -0.1) is 0 Å². The Balaban J connectivity index is 1.89. The molecule has 216 valence electrons. The molecule has 0 fully saturated rings. The number of benzene rings is 2. The molecule has 2 aromatic rings. The molecule has 0 atom stereocenters. The monoisotopic (exact) mass is 544 g/mol. The van der Waals surface area contributed by atoms with Crippen molar-refractivity contribution in [2.45, 2.75) is 160 Å². The zero-order chi connectivity index (χ0) is 27.5. The molecular weight excluding hydrogens is 488 g/mol. The van der Waals surface area contributed by atoms with Crippen molar-refractivity contribution >= 4 is 20.9 Å². The molecule has 1 N–H and O–H groups in total. The van der Waals surface area contributed by atoms with Crippen molar-refractivity contribution in [2.24, 2.45) is 0 Å². The molecule has 0 aromatic heterocycles. The molecule has 0 amide bonds. The summed E-state index contributed by atoms with van der Waals surface area (Å²) < 4.78 is 35.5. The lowest BCUT2D eigenvalue weighted by atomic mass is 9.95. The molecule has 0 aliphatic heterocycles. The normalized spacial score (nSPS) is 12.0. The zero-order valence-electron chi connectivity index (χ0n) is 24.6. The highest BCUT2D eigenvalue weighted by Gasteiger charge is 2.21. The van der Waals surface area contributed by atoms with Gasteiger partial charge in [0, 0.05) is 5.39 Å². The van der Waals surface area contributed by atoms with Crippen molar-refractivity contribution in [3.63, 3.8) is 0 Å². The molecule has 0 unspecified atom stereocenters. The summed E-state index contributed by atoms with van der Waals surface area (Å²) in [7, 11) is -4.30. The quantitative estimate of drug-likeness (QED) is 0.112. The molecule has 0 radical (unpaired) electrons. The second-order valence-electron chi connectivity index (χ2n) is 11.4. The topological polar surface area (TPSA) is 54.4 Å². The molecule has 0 spiro atoms. The number of hydrogen-bond donors (Lipinski definition) is 1. The fourth-order valence-corrected chi connectivity index (χ4v) is 6.78. The standard InChI is InChI=1S/C34H56O3S/c1-3-5-7-9-11-13-15-17-19-21-24-30-26-23-27-31-28-29-32(34(33(30)31)38(35,36)37)25-22-20-18-16-14-12-10-8-6-4-2/h23,26-29H,3-22,24-25H2,1-2H3,(H,35,36,37). The van der Waals surface area contributed by atoms with E-state index in [-0.39, 0.29) is 4.90 Å². The fraction of sp³-hybridized carbons (Fsp3) is 0.706. The molecule has 2 aromatic carbocycles. The smallest absolute Gasteiger partial charge is 0.282 e. The Morgan fingerprint density at radius 1 is 0.526 bits per heavy atom. The fourth-order valence-electron chi connectivity index (χ4n) is 5.77. The second kappa shape index (κ2) is 19.6. The highest BCUT2D eigenvalue weighted by atomic mass is 32.2. The number of unbranched alkanes of at least 4 members (excludes halogenated alkanes) is 18.